The summed E-state index contributed by atoms with van der Waals surface area (Å²) >= 11 is 0. The smallest absolute Gasteiger partial charge is 0.0664 e. The van der Waals surface area contributed by atoms with E-state index in [9.17, 15) is 5.11 Å². The molecular weight excluding hydrogens is 162 g/mol. The average Bonchev–Trinajstić information content (AvgIpc) is 2.63. The minimum Gasteiger partial charge on any atom is -0.390 e. The van der Waals surface area contributed by atoms with E-state index >= 15 is 0 Å². The molecule has 2 nitrogen and oxygen atoms in total. The predicted molar refractivity (Wildman–Crippen MR) is 53.7 cm³/mol. The summed E-state index contributed by atoms with van der Waals surface area (Å²) in [4.78, 5) is 2.55. The number of hydrogen-bond donors (Lipinski definition) is 1. The molecule has 0 amide bonds. The largest absolute Gasteiger partial charge is 0.390 e. The summed E-state index contributed by atoms with van der Waals surface area (Å²) in [7, 11) is 0. The third kappa shape index (κ3) is 2.05. The summed E-state index contributed by atoms with van der Waals surface area (Å²) < 4.78 is 0. The van der Waals surface area contributed by atoms with E-state index < -0.39 is 0 Å². The zero-order chi connectivity index (χ0) is 9.47. The van der Waals surface area contributed by atoms with Gasteiger partial charge in [0.15, 0.2) is 0 Å². The van der Waals surface area contributed by atoms with Gasteiger partial charge in [-0.25, -0.2) is 0 Å². The van der Waals surface area contributed by atoms with E-state index in [4.69, 9.17) is 0 Å². The quantitative estimate of drug-likeness (QED) is 0.721. The third-order valence-electron chi connectivity index (χ3n) is 3.53. The molecule has 1 atom stereocenters. The normalized spacial score (nSPS) is 32.8. The van der Waals surface area contributed by atoms with Crippen LogP contribution >= 0.6 is 0 Å². The summed E-state index contributed by atoms with van der Waals surface area (Å²) in [5.41, 5.74) is -0.262. The van der Waals surface area contributed by atoms with Crippen LogP contribution in [0.1, 0.15) is 46.0 Å². The topological polar surface area (TPSA) is 23.5 Å². The second-order valence-corrected chi connectivity index (χ2v) is 5.06. The van der Waals surface area contributed by atoms with Gasteiger partial charge >= 0.3 is 0 Å². The fourth-order valence-electron chi connectivity index (χ4n) is 2.54. The monoisotopic (exact) mass is 183 g/mol. The first-order chi connectivity index (χ1) is 6.11. The Balaban J connectivity index is 1.90. The Hall–Kier alpha value is -0.0800. The lowest BCUT2D eigenvalue weighted by Gasteiger charge is -2.29. The standard InChI is InChI=1S/C11H21NO/c1-9(2)12-7-3-4-10(12)8-11(13)5-6-11/h9-10,13H,3-8H2,1-2H3. The lowest BCUT2D eigenvalue weighted by Crippen LogP contribution is -2.37. The van der Waals surface area contributed by atoms with E-state index in [1.165, 1.54) is 19.4 Å². The summed E-state index contributed by atoms with van der Waals surface area (Å²) in [6.45, 7) is 5.75. The molecule has 0 aromatic heterocycles. The Morgan fingerprint density at radius 2 is 2.15 bits per heavy atom. The van der Waals surface area contributed by atoms with Gasteiger partial charge in [0.25, 0.3) is 0 Å². The maximum absolute atomic E-state index is 9.86. The molecule has 1 aliphatic heterocycles. The second kappa shape index (κ2) is 3.25. The minimum atomic E-state index is -0.262. The number of likely N-dealkylation sites (tertiary alicyclic amines) is 1. The first-order valence-corrected chi connectivity index (χ1v) is 5.59. The van der Waals surface area contributed by atoms with Crippen molar-refractivity contribution in [1.82, 2.24) is 4.90 Å². The zero-order valence-corrected chi connectivity index (χ0v) is 8.79. The lowest BCUT2D eigenvalue weighted by atomic mass is 10.0. The molecule has 1 aliphatic carbocycles. The van der Waals surface area contributed by atoms with Crippen LogP contribution in [0.3, 0.4) is 0 Å². The van der Waals surface area contributed by atoms with Crippen molar-refractivity contribution >= 4 is 0 Å². The van der Waals surface area contributed by atoms with Gasteiger partial charge in [0.2, 0.25) is 0 Å². The van der Waals surface area contributed by atoms with E-state index in [0.29, 0.717) is 12.1 Å². The highest BCUT2D eigenvalue weighted by Crippen LogP contribution is 2.42. The molecule has 0 bridgehead atoms. The molecule has 0 spiro atoms. The van der Waals surface area contributed by atoms with Crippen molar-refractivity contribution < 1.29 is 5.11 Å². The average molecular weight is 183 g/mol. The van der Waals surface area contributed by atoms with Crippen LogP contribution in [-0.4, -0.2) is 34.2 Å². The SMILES string of the molecule is CC(C)N1CCCC1CC1(O)CC1. The molecule has 1 N–H and O–H groups in total. The molecular formula is C11H21NO. The Labute approximate surface area is 80.9 Å². The van der Waals surface area contributed by atoms with E-state index in [1.807, 2.05) is 0 Å². The maximum atomic E-state index is 9.86. The molecule has 1 saturated heterocycles. The van der Waals surface area contributed by atoms with Crippen molar-refractivity contribution in [3.8, 4) is 0 Å². The molecule has 0 radical (unpaired) electrons. The number of nitrogens with zero attached hydrogens (tertiary/aromatic N) is 1. The van der Waals surface area contributed by atoms with Gasteiger partial charge in [-0.1, -0.05) is 0 Å². The molecule has 0 aromatic carbocycles. The molecule has 1 heterocycles. The summed E-state index contributed by atoms with van der Waals surface area (Å²) in [6.07, 6.45) is 5.70. The van der Waals surface area contributed by atoms with Crippen molar-refractivity contribution in [2.24, 2.45) is 0 Å². The molecule has 1 saturated carbocycles. The molecule has 2 fully saturated rings. The van der Waals surface area contributed by atoms with Gasteiger partial charge in [-0.05, 0) is 52.5 Å². The highest BCUT2D eigenvalue weighted by molar-refractivity contribution is 4.98. The fraction of sp³-hybridized carbons (Fsp3) is 1.00. The second-order valence-electron chi connectivity index (χ2n) is 5.06. The molecule has 2 aliphatic rings. The fourth-order valence-corrected chi connectivity index (χ4v) is 2.54. The van der Waals surface area contributed by atoms with Crippen LogP contribution in [0, 0.1) is 0 Å². The van der Waals surface area contributed by atoms with Gasteiger partial charge in [0, 0.05) is 12.1 Å². The van der Waals surface area contributed by atoms with Crippen LogP contribution in [0.4, 0.5) is 0 Å². The molecule has 76 valence electrons. The summed E-state index contributed by atoms with van der Waals surface area (Å²) in [6, 6.07) is 1.31. The van der Waals surface area contributed by atoms with Gasteiger partial charge in [0.1, 0.15) is 0 Å². The molecule has 0 aromatic rings. The van der Waals surface area contributed by atoms with E-state index in [-0.39, 0.29) is 5.60 Å². The Kier molecular flexibility index (Phi) is 2.37. The Bertz CT molecular complexity index is 187. The Morgan fingerprint density at radius 1 is 1.46 bits per heavy atom. The van der Waals surface area contributed by atoms with Gasteiger partial charge < -0.3 is 5.11 Å². The minimum absolute atomic E-state index is 0.262. The van der Waals surface area contributed by atoms with Crippen molar-refractivity contribution in [3.63, 3.8) is 0 Å². The molecule has 1 unspecified atom stereocenters. The molecule has 2 rings (SSSR count). The van der Waals surface area contributed by atoms with Crippen LogP contribution in [0.5, 0.6) is 0 Å². The lowest BCUT2D eigenvalue weighted by molar-refractivity contribution is 0.0892. The van der Waals surface area contributed by atoms with Crippen LogP contribution in [0.2, 0.25) is 0 Å². The Morgan fingerprint density at radius 3 is 2.69 bits per heavy atom. The van der Waals surface area contributed by atoms with Gasteiger partial charge in [0.05, 0.1) is 5.60 Å². The van der Waals surface area contributed by atoms with Crippen molar-refractivity contribution in [2.45, 2.75) is 63.6 Å². The summed E-state index contributed by atoms with van der Waals surface area (Å²) in [5.74, 6) is 0. The van der Waals surface area contributed by atoms with Crippen LogP contribution in [0.25, 0.3) is 0 Å². The van der Waals surface area contributed by atoms with E-state index in [0.717, 1.165) is 19.3 Å². The van der Waals surface area contributed by atoms with Gasteiger partial charge in [-0.15, -0.1) is 0 Å². The van der Waals surface area contributed by atoms with Crippen molar-refractivity contribution in [3.05, 3.63) is 0 Å². The van der Waals surface area contributed by atoms with Crippen LogP contribution in [-0.2, 0) is 0 Å². The highest BCUT2D eigenvalue weighted by atomic mass is 16.3. The van der Waals surface area contributed by atoms with Crippen LogP contribution in [0.15, 0.2) is 0 Å². The molecule has 13 heavy (non-hydrogen) atoms. The number of rotatable bonds is 3. The number of aliphatic hydroxyl groups is 1. The first-order valence-electron chi connectivity index (χ1n) is 5.59. The summed E-state index contributed by atoms with van der Waals surface area (Å²) in [5, 5.41) is 9.86. The third-order valence-corrected chi connectivity index (χ3v) is 3.53. The molecule has 2 heteroatoms. The first kappa shape index (κ1) is 9.47. The number of hydrogen-bond acceptors (Lipinski definition) is 2. The zero-order valence-electron chi connectivity index (χ0n) is 8.79. The van der Waals surface area contributed by atoms with Gasteiger partial charge in [-0.2, -0.15) is 0 Å². The van der Waals surface area contributed by atoms with Crippen LogP contribution < -0.4 is 0 Å². The van der Waals surface area contributed by atoms with Gasteiger partial charge in [-0.3, -0.25) is 4.90 Å². The van der Waals surface area contributed by atoms with Crippen molar-refractivity contribution in [2.75, 3.05) is 6.54 Å². The predicted octanol–water partition coefficient (Wildman–Crippen LogP) is 1.77. The highest BCUT2D eigenvalue weighted by Gasteiger charge is 2.44. The maximum Gasteiger partial charge on any atom is 0.0664 e. The van der Waals surface area contributed by atoms with E-state index in [2.05, 4.69) is 18.7 Å². The van der Waals surface area contributed by atoms with Crippen molar-refractivity contribution in [1.29, 1.82) is 0 Å². The van der Waals surface area contributed by atoms with E-state index in [1.54, 1.807) is 0 Å².